The molecular formula is C17H15NO5S. The molecule has 3 aromatic rings. The lowest BCUT2D eigenvalue weighted by atomic mass is 10.1. The van der Waals surface area contributed by atoms with Gasteiger partial charge in [0.15, 0.2) is 0 Å². The van der Waals surface area contributed by atoms with Crippen LogP contribution in [0.1, 0.15) is 12.0 Å². The van der Waals surface area contributed by atoms with Crippen molar-refractivity contribution >= 4 is 32.6 Å². The Balaban J connectivity index is 1.77. The van der Waals surface area contributed by atoms with Gasteiger partial charge in [0.05, 0.1) is 11.2 Å². The van der Waals surface area contributed by atoms with Gasteiger partial charge in [-0.05, 0) is 48.4 Å². The van der Waals surface area contributed by atoms with Crippen LogP contribution >= 0.6 is 0 Å². The van der Waals surface area contributed by atoms with Gasteiger partial charge in [-0.1, -0.05) is 12.1 Å². The fourth-order valence-corrected chi connectivity index (χ4v) is 3.41. The lowest BCUT2D eigenvalue weighted by Gasteiger charge is -2.09. The monoisotopic (exact) mass is 345 g/mol. The second-order valence-corrected chi connectivity index (χ2v) is 7.00. The Hall–Kier alpha value is -2.80. The van der Waals surface area contributed by atoms with Crippen LogP contribution in [0.15, 0.2) is 64.1 Å². The molecule has 1 aromatic heterocycles. The van der Waals surface area contributed by atoms with Crippen molar-refractivity contribution in [1.82, 2.24) is 0 Å². The van der Waals surface area contributed by atoms with E-state index < -0.39 is 16.0 Å². The van der Waals surface area contributed by atoms with E-state index >= 15 is 0 Å². The van der Waals surface area contributed by atoms with Crippen molar-refractivity contribution < 1.29 is 22.7 Å². The molecule has 0 saturated heterocycles. The first-order chi connectivity index (χ1) is 11.4. The highest BCUT2D eigenvalue weighted by atomic mass is 32.2. The molecular weight excluding hydrogens is 330 g/mol. The number of fused-ring (bicyclic) bond motifs is 1. The molecule has 0 saturated carbocycles. The van der Waals surface area contributed by atoms with Crippen LogP contribution in [0.4, 0.5) is 5.69 Å². The molecule has 24 heavy (non-hydrogen) atoms. The molecule has 1 heterocycles. The predicted molar refractivity (Wildman–Crippen MR) is 89.4 cm³/mol. The van der Waals surface area contributed by atoms with E-state index in [1.54, 1.807) is 42.5 Å². The average Bonchev–Trinajstić information content (AvgIpc) is 3.01. The fourth-order valence-electron chi connectivity index (χ4n) is 2.32. The molecule has 0 amide bonds. The highest BCUT2D eigenvalue weighted by Crippen LogP contribution is 2.22. The Kier molecular flexibility index (Phi) is 4.26. The number of benzene rings is 2. The molecule has 0 bridgehead atoms. The normalized spacial score (nSPS) is 11.5. The van der Waals surface area contributed by atoms with E-state index in [2.05, 4.69) is 4.72 Å². The Morgan fingerprint density at radius 2 is 1.83 bits per heavy atom. The van der Waals surface area contributed by atoms with Gasteiger partial charge in [-0.3, -0.25) is 9.52 Å². The van der Waals surface area contributed by atoms with Gasteiger partial charge in [0.1, 0.15) is 5.58 Å². The number of nitrogens with one attached hydrogen (secondary N) is 1. The maximum absolute atomic E-state index is 12.4. The first-order valence-corrected chi connectivity index (χ1v) is 8.73. The van der Waals surface area contributed by atoms with Gasteiger partial charge in [-0.15, -0.1) is 0 Å². The van der Waals surface area contributed by atoms with Crippen molar-refractivity contribution in [3.8, 4) is 0 Å². The van der Waals surface area contributed by atoms with Crippen molar-refractivity contribution in [2.45, 2.75) is 17.7 Å². The predicted octanol–water partition coefficient (Wildman–Crippen LogP) is 3.25. The quantitative estimate of drug-likeness (QED) is 0.715. The van der Waals surface area contributed by atoms with Crippen LogP contribution in [-0.2, 0) is 21.2 Å². The molecule has 0 unspecified atom stereocenters. The number of carboxylic acids is 1. The van der Waals surface area contributed by atoms with Crippen LogP contribution in [0.3, 0.4) is 0 Å². The summed E-state index contributed by atoms with van der Waals surface area (Å²) in [6.45, 7) is 0. The third-order valence-electron chi connectivity index (χ3n) is 3.57. The highest BCUT2D eigenvalue weighted by Gasteiger charge is 2.15. The minimum atomic E-state index is -3.71. The number of carboxylic acid groups (broad SMARTS) is 1. The molecule has 3 rings (SSSR count). The van der Waals surface area contributed by atoms with E-state index in [-0.39, 0.29) is 11.3 Å². The Morgan fingerprint density at radius 3 is 2.54 bits per heavy atom. The van der Waals surface area contributed by atoms with Gasteiger partial charge < -0.3 is 9.52 Å². The van der Waals surface area contributed by atoms with Crippen molar-refractivity contribution in [2.24, 2.45) is 0 Å². The van der Waals surface area contributed by atoms with Gasteiger partial charge in [0.25, 0.3) is 10.0 Å². The molecule has 7 heteroatoms. The zero-order chi connectivity index (χ0) is 17.2. The molecule has 124 valence electrons. The van der Waals surface area contributed by atoms with E-state index in [9.17, 15) is 13.2 Å². The molecule has 6 nitrogen and oxygen atoms in total. The number of rotatable bonds is 6. The minimum Gasteiger partial charge on any atom is -0.481 e. The summed E-state index contributed by atoms with van der Waals surface area (Å²) in [4.78, 5) is 10.7. The standard InChI is InChI=1S/C17H15NO5S/c19-17(20)8-3-12-1-4-14(5-2-12)18-24(21,22)15-6-7-16-13(11-15)9-10-23-16/h1-2,4-7,9-11,18H,3,8H2,(H,19,20). The zero-order valence-electron chi connectivity index (χ0n) is 12.6. The van der Waals surface area contributed by atoms with Crippen LogP contribution < -0.4 is 4.72 Å². The largest absolute Gasteiger partial charge is 0.481 e. The van der Waals surface area contributed by atoms with E-state index in [1.165, 1.54) is 12.3 Å². The molecule has 0 radical (unpaired) electrons. The van der Waals surface area contributed by atoms with Gasteiger partial charge in [-0.2, -0.15) is 0 Å². The Bertz CT molecular complexity index is 974. The van der Waals surface area contributed by atoms with Crippen molar-refractivity contribution in [2.75, 3.05) is 4.72 Å². The number of hydrogen-bond acceptors (Lipinski definition) is 4. The molecule has 0 fully saturated rings. The summed E-state index contributed by atoms with van der Waals surface area (Å²) >= 11 is 0. The van der Waals surface area contributed by atoms with Crippen LogP contribution in [0.5, 0.6) is 0 Å². The molecule has 2 N–H and O–H groups in total. The minimum absolute atomic E-state index is 0.0375. The van der Waals surface area contributed by atoms with Gasteiger partial charge in [0.2, 0.25) is 0 Å². The van der Waals surface area contributed by atoms with Crippen molar-refractivity contribution in [1.29, 1.82) is 0 Å². The Morgan fingerprint density at radius 1 is 1.08 bits per heavy atom. The molecule has 0 atom stereocenters. The topological polar surface area (TPSA) is 96.6 Å². The van der Waals surface area contributed by atoms with Gasteiger partial charge in [0, 0.05) is 17.5 Å². The van der Waals surface area contributed by atoms with Crippen molar-refractivity contribution in [3.05, 3.63) is 60.4 Å². The second kappa shape index (κ2) is 6.37. The fraction of sp³-hybridized carbons (Fsp3) is 0.118. The lowest BCUT2D eigenvalue weighted by Crippen LogP contribution is -2.12. The number of anilines is 1. The van der Waals surface area contributed by atoms with Crippen LogP contribution in [0.25, 0.3) is 11.0 Å². The number of aryl methyl sites for hydroxylation is 1. The summed E-state index contributed by atoms with van der Waals surface area (Å²) in [7, 11) is -3.71. The first kappa shape index (κ1) is 16.1. The average molecular weight is 345 g/mol. The van der Waals surface area contributed by atoms with E-state index in [4.69, 9.17) is 9.52 Å². The summed E-state index contributed by atoms with van der Waals surface area (Å²) in [5, 5.41) is 9.38. The Labute approximate surface area is 138 Å². The summed E-state index contributed by atoms with van der Waals surface area (Å²) in [6, 6.07) is 13.0. The molecule has 0 spiro atoms. The maximum Gasteiger partial charge on any atom is 0.303 e. The summed E-state index contributed by atoms with van der Waals surface area (Å²) in [5.74, 6) is -0.866. The van der Waals surface area contributed by atoms with E-state index in [0.29, 0.717) is 23.1 Å². The third kappa shape index (κ3) is 3.57. The maximum atomic E-state index is 12.4. The highest BCUT2D eigenvalue weighted by molar-refractivity contribution is 7.92. The van der Waals surface area contributed by atoms with Gasteiger partial charge >= 0.3 is 5.97 Å². The molecule has 0 aliphatic rings. The van der Waals surface area contributed by atoms with Crippen LogP contribution in [0, 0.1) is 0 Å². The zero-order valence-corrected chi connectivity index (χ0v) is 13.4. The number of carbonyl (C=O) groups is 1. The summed E-state index contributed by atoms with van der Waals surface area (Å²) in [5.41, 5.74) is 1.87. The SMILES string of the molecule is O=C(O)CCc1ccc(NS(=O)(=O)c2ccc3occc3c2)cc1. The molecule has 0 aliphatic carbocycles. The smallest absolute Gasteiger partial charge is 0.303 e. The summed E-state index contributed by atoms with van der Waals surface area (Å²) < 4.78 is 32.6. The first-order valence-electron chi connectivity index (χ1n) is 7.25. The third-order valence-corrected chi connectivity index (χ3v) is 4.95. The number of aliphatic carboxylic acids is 1. The van der Waals surface area contributed by atoms with E-state index in [0.717, 1.165) is 5.56 Å². The van der Waals surface area contributed by atoms with Crippen molar-refractivity contribution in [3.63, 3.8) is 0 Å². The number of furan rings is 1. The number of sulfonamides is 1. The number of hydrogen-bond donors (Lipinski definition) is 2. The molecule has 0 aliphatic heterocycles. The summed E-state index contributed by atoms with van der Waals surface area (Å²) in [6.07, 6.45) is 1.94. The lowest BCUT2D eigenvalue weighted by molar-refractivity contribution is -0.136. The van der Waals surface area contributed by atoms with Crippen LogP contribution in [-0.4, -0.2) is 19.5 Å². The van der Waals surface area contributed by atoms with Crippen LogP contribution in [0.2, 0.25) is 0 Å². The van der Waals surface area contributed by atoms with Gasteiger partial charge in [-0.25, -0.2) is 8.42 Å². The second-order valence-electron chi connectivity index (χ2n) is 5.32. The van der Waals surface area contributed by atoms with E-state index in [1.807, 2.05) is 0 Å². The molecule has 2 aromatic carbocycles.